The first-order valence-corrected chi connectivity index (χ1v) is 6.75. The van der Waals surface area contributed by atoms with Crippen LogP contribution in [0.4, 0.5) is 0 Å². The lowest BCUT2D eigenvalue weighted by Gasteiger charge is -2.17. The lowest BCUT2D eigenvalue weighted by Crippen LogP contribution is -2.19. The van der Waals surface area contributed by atoms with E-state index >= 15 is 0 Å². The Morgan fingerprint density at radius 2 is 1.50 bits per heavy atom. The number of ketones is 1. The van der Waals surface area contributed by atoms with Gasteiger partial charge in [0.15, 0.2) is 0 Å². The molecule has 0 aromatic heterocycles. The SMILES string of the molecule is CC(=O)[C@]1(C)C(C)(Cl)[C@@]1(C)c1cc(C)cc(C)c1. The van der Waals surface area contributed by atoms with Crippen LogP contribution in [0.2, 0.25) is 0 Å². The number of alkyl halides is 1. The van der Waals surface area contributed by atoms with Gasteiger partial charge in [-0.2, -0.15) is 0 Å². The summed E-state index contributed by atoms with van der Waals surface area (Å²) in [4.78, 5) is 11.5. The Morgan fingerprint density at radius 3 is 1.83 bits per heavy atom. The van der Waals surface area contributed by atoms with E-state index in [0.717, 1.165) is 0 Å². The summed E-state index contributed by atoms with van der Waals surface area (Å²) >= 11 is 6.67. The predicted molar refractivity (Wildman–Crippen MR) is 76.3 cm³/mol. The quantitative estimate of drug-likeness (QED) is 0.733. The van der Waals surface area contributed by atoms with Crippen LogP contribution in [0.15, 0.2) is 18.2 Å². The highest BCUT2D eigenvalue weighted by molar-refractivity contribution is 6.31. The fourth-order valence-corrected chi connectivity index (χ4v) is 4.15. The first-order chi connectivity index (χ1) is 8.09. The third kappa shape index (κ3) is 1.31. The topological polar surface area (TPSA) is 17.1 Å². The largest absolute Gasteiger partial charge is 0.299 e. The van der Waals surface area contributed by atoms with E-state index in [1.807, 2.05) is 13.8 Å². The van der Waals surface area contributed by atoms with Crippen molar-refractivity contribution in [1.82, 2.24) is 0 Å². The van der Waals surface area contributed by atoms with Gasteiger partial charge in [0.2, 0.25) is 0 Å². The van der Waals surface area contributed by atoms with E-state index in [-0.39, 0.29) is 11.2 Å². The predicted octanol–water partition coefficient (Wildman–Crippen LogP) is 4.17. The van der Waals surface area contributed by atoms with Crippen LogP contribution >= 0.6 is 11.6 Å². The van der Waals surface area contributed by atoms with E-state index in [1.54, 1.807) is 6.92 Å². The van der Waals surface area contributed by atoms with Crippen molar-refractivity contribution in [3.05, 3.63) is 34.9 Å². The molecule has 1 unspecified atom stereocenters. The third-order valence-electron chi connectivity index (χ3n) is 5.32. The number of carbonyl (C=O) groups is 1. The van der Waals surface area contributed by atoms with Crippen LogP contribution in [0.25, 0.3) is 0 Å². The summed E-state index contributed by atoms with van der Waals surface area (Å²) in [7, 11) is 0. The van der Waals surface area contributed by atoms with E-state index in [0.29, 0.717) is 0 Å². The molecule has 1 aromatic rings. The summed E-state index contributed by atoms with van der Waals surface area (Å²) in [5, 5.41) is 0. The van der Waals surface area contributed by atoms with Gasteiger partial charge in [0.25, 0.3) is 0 Å². The van der Waals surface area contributed by atoms with Crippen molar-refractivity contribution >= 4 is 17.4 Å². The lowest BCUT2D eigenvalue weighted by molar-refractivity contribution is -0.122. The molecule has 1 aromatic carbocycles. The summed E-state index contributed by atoms with van der Waals surface area (Å²) in [6.07, 6.45) is 0. The molecule has 98 valence electrons. The monoisotopic (exact) mass is 264 g/mol. The molecule has 2 rings (SSSR count). The van der Waals surface area contributed by atoms with E-state index < -0.39 is 10.3 Å². The van der Waals surface area contributed by atoms with Crippen molar-refractivity contribution < 1.29 is 4.79 Å². The van der Waals surface area contributed by atoms with Gasteiger partial charge in [0, 0.05) is 5.41 Å². The number of hydrogen-bond donors (Lipinski definition) is 0. The maximum Gasteiger partial charge on any atom is 0.138 e. The van der Waals surface area contributed by atoms with Gasteiger partial charge in [-0.1, -0.05) is 43.2 Å². The zero-order valence-electron chi connectivity index (χ0n) is 12.0. The molecule has 0 spiro atoms. The molecule has 0 N–H and O–H groups in total. The summed E-state index contributed by atoms with van der Waals surface area (Å²) < 4.78 is 0. The second-order valence-electron chi connectivity index (χ2n) is 6.19. The number of rotatable bonds is 2. The Kier molecular flexibility index (Phi) is 2.72. The van der Waals surface area contributed by atoms with Crippen LogP contribution in [0.5, 0.6) is 0 Å². The standard InChI is InChI=1S/C16H21ClO/c1-10-7-11(2)9-13(8-10)15(5)14(4,12(3)18)16(15,6)17/h7-9H,1-6H3/t14-,15-,16?/m0/s1. The molecule has 1 fully saturated rings. The fraction of sp³-hybridized carbons (Fsp3) is 0.562. The van der Waals surface area contributed by atoms with Gasteiger partial charge in [-0.15, -0.1) is 11.6 Å². The second-order valence-corrected chi connectivity index (χ2v) is 6.94. The van der Waals surface area contributed by atoms with Gasteiger partial charge >= 0.3 is 0 Å². The van der Waals surface area contributed by atoms with Crippen LogP contribution in [-0.2, 0) is 10.2 Å². The van der Waals surface area contributed by atoms with Gasteiger partial charge in [-0.25, -0.2) is 0 Å². The normalized spacial score (nSPS) is 38.6. The smallest absolute Gasteiger partial charge is 0.138 e. The van der Waals surface area contributed by atoms with Gasteiger partial charge in [0.1, 0.15) is 5.78 Å². The molecular weight excluding hydrogens is 244 g/mol. The maximum atomic E-state index is 12.0. The molecular formula is C16H21ClO. The van der Waals surface area contributed by atoms with Gasteiger partial charge in [0.05, 0.1) is 10.3 Å². The number of hydrogen-bond acceptors (Lipinski definition) is 1. The van der Waals surface area contributed by atoms with Crippen molar-refractivity contribution in [1.29, 1.82) is 0 Å². The molecule has 0 aliphatic heterocycles. The summed E-state index contributed by atoms with van der Waals surface area (Å²) in [6.45, 7) is 11.9. The Hall–Kier alpha value is -0.820. The minimum atomic E-state index is -0.508. The highest BCUT2D eigenvalue weighted by Crippen LogP contribution is 2.75. The Labute approximate surface area is 115 Å². The van der Waals surface area contributed by atoms with Crippen LogP contribution in [0.3, 0.4) is 0 Å². The maximum absolute atomic E-state index is 12.0. The minimum Gasteiger partial charge on any atom is -0.299 e. The lowest BCUT2D eigenvalue weighted by atomic mass is 9.85. The summed E-state index contributed by atoms with van der Waals surface area (Å²) in [5.74, 6) is 0.168. The Bertz CT molecular complexity index is 512. The molecule has 0 amide bonds. The van der Waals surface area contributed by atoms with Crippen molar-refractivity contribution in [2.45, 2.75) is 51.8 Å². The molecule has 1 saturated carbocycles. The van der Waals surface area contributed by atoms with Crippen LogP contribution in [-0.4, -0.2) is 10.7 Å². The zero-order chi connectivity index (χ0) is 13.9. The van der Waals surface area contributed by atoms with E-state index in [2.05, 4.69) is 39.0 Å². The average Bonchev–Trinajstić information content (AvgIpc) is 2.59. The number of Topliss-reactive ketones (excluding diaryl/α,β-unsaturated/α-hetero) is 1. The zero-order valence-corrected chi connectivity index (χ0v) is 12.8. The van der Waals surface area contributed by atoms with E-state index in [1.165, 1.54) is 16.7 Å². The third-order valence-corrected chi connectivity index (χ3v) is 6.07. The molecule has 1 aliphatic carbocycles. The molecule has 2 heteroatoms. The number of halogens is 1. The highest BCUT2D eigenvalue weighted by atomic mass is 35.5. The average molecular weight is 265 g/mol. The van der Waals surface area contributed by atoms with Crippen LogP contribution in [0.1, 0.15) is 44.4 Å². The highest BCUT2D eigenvalue weighted by Gasteiger charge is 2.82. The second kappa shape index (κ2) is 3.60. The summed E-state index contributed by atoms with van der Waals surface area (Å²) in [6, 6.07) is 6.45. The van der Waals surface area contributed by atoms with Gasteiger partial charge in [-0.3, -0.25) is 4.79 Å². The minimum absolute atomic E-state index is 0.168. The van der Waals surface area contributed by atoms with Crippen molar-refractivity contribution in [3.8, 4) is 0 Å². The molecule has 1 nitrogen and oxygen atoms in total. The molecule has 18 heavy (non-hydrogen) atoms. The Morgan fingerprint density at radius 1 is 1.06 bits per heavy atom. The first kappa shape index (κ1) is 13.6. The van der Waals surface area contributed by atoms with Gasteiger partial charge < -0.3 is 0 Å². The molecule has 3 atom stereocenters. The molecule has 0 bridgehead atoms. The van der Waals surface area contributed by atoms with E-state index in [4.69, 9.17) is 11.6 Å². The fourth-order valence-electron chi connectivity index (χ4n) is 3.58. The van der Waals surface area contributed by atoms with Gasteiger partial charge in [-0.05, 0) is 33.3 Å². The molecule has 0 radical (unpaired) electrons. The number of carbonyl (C=O) groups excluding carboxylic acids is 1. The van der Waals surface area contributed by atoms with Crippen LogP contribution < -0.4 is 0 Å². The van der Waals surface area contributed by atoms with E-state index in [9.17, 15) is 4.79 Å². The molecule has 0 heterocycles. The summed E-state index contributed by atoms with van der Waals surface area (Å²) in [5.41, 5.74) is 2.84. The Balaban J connectivity index is 2.61. The number of benzene rings is 1. The van der Waals surface area contributed by atoms with Crippen molar-refractivity contribution in [2.24, 2.45) is 5.41 Å². The first-order valence-electron chi connectivity index (χ1n) is 6.38. The molecule has 1 aliphatic rings. The number of aryl methyl sites for hydroxylation is 2. The van der Waals surface area contributed by atoms with Crippen molar-refractivity contribution in [3.63, 3.8) is 0 Å². The van der Waals surface area contributed by atoms with Crippen LogP contribution in [0, 0.1) is 19.3 Å². The molecule has 0 saturated heterocycles. The van der Waals surface area contributed by atoms with Crippen molar-refractivity contribution in [2.75, 3.05) is 0 Å².